The van der Waals surface area contributed by atoms with E-state index in [-0.39, 0.29) is 5.96 Å². The molecule has 2 atom stereocenters. The fraction of sp³-hybridized carbons (Fsp3) is 0.667. The van der Waals surface area contributed by atoms with Crippen molar-refractivity contribution in [2.45, 2.75) is 18.9 Å². The highest BCUT2D eigenvalue weighted by molar-refractivity contribution is 5.90. The number of nitrogens with zero attached hydrogens (tertiary/aromatic N) is 2. The third kappa shape index (κ3) is 1.95. The van der Waals surface area contributed by atoms with Crippen molar-refractivity contribution in [3.63, 3.8) is 0 Å². The average molecular weight is 209 g/mol. The van der Waals surface area contributed by atoms with Gasteiger partial charge in [-0.3, -0.25) is 5.73 Å². The lowest BCUT2D eigenvalue weighted by Gasteiger charge is -2.31. The van der Waals surface area contributed by atoms with Gasteiger partial charge in [-0.15, -0.1) is 0 Å². The molecule has 1 rings (SSSR count). The molecule has 0 saturated heterocycles. The molecule has 1 aliphatic heterocycles. The number of aliphatic imine (C=N–C) groups is 2. The first-order valence-corrected chi connectivity index (χ1v) is 3.77. The molecule has 1 aliphatic rings. The number of nitrogens with one attached hydrogen (secondary N) is 1. The Morgan fingerprint density at radius 3 is 2.57 bits per heavy atom. The van der Waals surface area contributed by atoms with E-state index in [4.69, 9.17) is 11.5 Å². The second-order valence-electron chi connectivity index (χ2n) is 2.95. The van der Waals surface area contributed by atoms with Gasteiger partial charge in [-0.05, 0) is 6.92 Å². The van der Waals surface area contributed by atoms with Crippen LogP contribution < -0.4 is 16.8 Å². The van der Waals surface area contributed by atoms with Crippen LogP contribution in [0.2, 0.25) is 0 Å². The molecule has 1 unspecified atom stereocenters. The van der Waals surface area contributed by atoms with E-state index >= 15 is 0 Å². The molecule has 14 heavy (non-hydrogen) atoms. The topological polar surface area (TPSA) is 88.8 Å². The van der Waals surface area contributed by atoms with E-state index in [9.17, 15) is 13.2 Å². The van der Waals surface area contributed by atoms with Gasteiger partial charge in [-0.25, -0.2) is 9.98 Å². The van der Waals surface area contributed by atoms with Crippen molar-refractivity contribution in [1.82, 2.24) is 5.32 Å². The zero-order valence-corrected chi connectivity index (χ0v) is 7.34. The summed E-state index contributed by atoms with van der Waals surface area (Å²) in [5.41, 5.74) is 10.5. The fourth-order valence-corrected chi connectivity index (χ4v) is 0.905. The summed E-state index contributed by atoms with van der Waals surface area (Å²) < 4.78 is 37.0. The standard InChI is InChI=1S/C6H10F3N5/c1-3(5(7,8)9)6(11)13-2-12-4(10)14-6/h2-3H,11H2,1H3,(H3,10,12,13,14)/t3-,6?/m1/s1. The van der Waals surface area contributed by atoms with Gasteiger partial charge in [0.05, 0.1) is 6.34 Å². The first kappa shape index (κ1) is 10.8. The Balaban J connectivity index is 2.95. The molecule has 5 N–H and O–H groups in total. The molecule has 1 heterocycles. The molecule has 0 aromatic heterocycles. The minimum Gasteiger partial charge on any atom is -0.370 e. The Labute approximate surface area is 78.1 Å². The zero-order valence-electron chi connectivity index (χ0n) is 7.34. The molecule has 0 spiro atoms. The van der Waals surface area contributed by atoms with Crippen molar-refractivity contribution in [2.75, 3.05) is 0 Å². The van der Waals surface area contributed by atoms with Crippen molar-refractivity contribution in [3.05, 3.63) is 0 Å². The van der Waals surface area contributed by atoms with Crippen molar-refractivity contribution in [2.24, 2.45) is 27.4 Å². The quantitative estimate of drug-likeness (QED) is 0.556. The second kappa shape index (κ2) is 3.12. The number of guanidine groups is 1. The van der Waals surface area contributed by atoms with Gasteiger partial charge in [0.2, 0.25) is 5.79 Å². The van der Waals surface area contributed by atoms with E-state index in [1.54, 1.807) is 0 Å². The minimum absolute atomic E-state index is 0.182. The van der Waals surface area contributed by atoms with Crippen LogP contribution >= 0.6 is 0 Å². The summed E-state index contributed by atoms with van der Waals surface area (Å²) in [7, 11) is 0. The van der Waals surface area contributed by atoms with Crippen LogP contribution in [-0.2, 0) is 0 Å². The molecular weight excluding hydrogens is 199 g/mol. The lowest BCUT2D eigenvalue weighted by Crippen LogP contribution is -2.54. The van der Waals surface area contributed by atoms with Crippen LogP contribution in [0, 0.1) is 5.92 Å². The van der Waals surface area contributed by atoms with E-state index in [0.29, 0.717) is 0 Å². The number of hydrogen-bond donors (Lipinski definition) is 3. The van der Waals surface area contributed by atoms with Gasteiger partial charge in [0.1, 0.15) is 5.92 Å². The van der Waals surface area contributed by atoms with Crippen molar-refractivity contribution in [3.8, 4) is 0 Å². The summed E-state index contributed by atoms with van der Waals surface area (Å²) >= 11 is 0. The van der Waals surface area contributed by atoms with Gasteiger partial charge in [0.25, 0.3) is 0 Å². The number of rotatable bonds is 1. The Hall–Kier alpha value is -1.31. The van der Waals surface area contributed by atoms with E-state index in [1.807, 2.05) is 0 Å². The highest BCUT2D eigenvalue weighted by Gasteiger charge is 2.49. The summed E-state index contributed by atoms with van der Waals surface area (Å²) in [6.45, 7) is 0.902. The number of nitrogens with two attached hydrogens (primary N) is 2. The third-order valence-corrected chi connectivity index (χ3v) is 1.91. The lowest BCUT2D eigenvalue weighted by atomic mass is 10.0. The molecule has 0 aromatic carbocycles. The van der Waals surface area contributed by atoms with E-state index in [0.717, 1.165) is 13.3 Å². The summed E-state index contributed by atoms with van der Waals surface area (Å²) in [4.78, 5) is 6.86. The molecular formula is C6H10F3N5. The molecule has 0 bridgehead atoms. The van der Waals surface area contributed by atoms with Gasteiger partial charge in [-0.1, -0.05) is 0 Å². The predicted octanol–water partition coefficient (Wildman–Crippen LogP) is -0.256. The van der Waals surface area contributed by atoms with Gasteiger partial charge >= 0.3 is 6.18 Å². The van der Waals surface area contributed by atoms with Crippen LogP contribution in [0.25, 0.3) is 0 Å². The van der Waals surface area contributed by atoms with Crippen molar-refractivity contribution < 1.29 is 13.2 Å². The Bertz CT molecular complexity index is 284. The first-order valence-electron chi connectivity index (χ1n) is 3.77. The Morgan fingerprint density at radius 2 is 2.14 bits per heavy atom. The normalized spacial score (nSPS) is 29.4. The van der Waals surface area contributed by atoms with E-state index < -0.39 is 17.9 Å². The number of alkyl halides is 3. The van der Waals surface area contributed by atoms with Crippen LogP contribution in [-0.4, -0.2) is 24.3 Å². The fourth-order valence-electron chi connectivity index (χ4n) is 0.905. The molecule has 0 fully saturated rings. The van der Waals surface area contributed by atoms with Crippen LogP contribution in [0.5, 0.6) is 0 Å². The van der Waals surface area contributed by atoms with Crippen LogP contribution in [0.4, 0.5) is 13.2 Å². The summed E-state index contributed by atoms with van der Waals surface area (Å²) in [6, 6.07) is 0. The maximum Gasteiger partial charge on any atom is 0.397 e. The maximum atomic E-state index is 12.3. The molecule has 5 nitrogen and oxygen atoms in total. The molecule has 8 heteroatoms. The smallest absolute Gasteiger partial charge is 0.370 e. The predicted molar refractivity (Wildman–Crippen MR) is 45.4 cm³/mol. The second-order valence-corrected chi connectivity index (χ2v) is 2.95. The van der Waals surface area contributed by atoms with Crippen LogP contribution in [0.1, 0.15) is 6.92 Å². The average Bonchev–Trinajstić information content (AvgIpc) is 2.01. The minimum atomic E-state index is -4.47. The Morgan fingerprint density at radius 1 is 1.57 bits per heavy atom. The maximum absolute atomic E-state index is 12.3. The van der Waals surface area contributed by atoms with Crippen LogP contribution in [0.15, 0.2) is 9.98 Å². The molecule has 0 aromatic rings. The highest BCUT2D eigenvalue weighted by Crippen LogP contribution is 2.34. The molecule has 0 amide bonds. The zero-order chi connectivity index (χ0) is 11.0. The van der Waals surface area contributed by atoms with Gasteiger partial charge in [0.15, 0.2) is 5.96 Å². The highest BCUT2D eigenvalue weighted by atomic mass is 19.4. The molecule has 0 aliphatic carbocycles. The third-order valence-electron chi connectivity index (χ3n) is 1.91. The van der Waals surface area contributed by atoms with E-state index in [1.165, 1.54) is 0 Å². The lowest BCUT2D eigenvalue weighted by molar-refractivity contribution is -0.185. The van der Waals surface area contributed by atoms with E-state index in [2.05, 4.69) is 15.3 Å². The first-order chi connectivity index (χ1) is 6.26. The summed E-state index contributed by atoms with van der Waals surface area (Å²) in [5, 5.41) is 2.33. The Kier molecular flexibility index (Phi) is 2.40. The van der Waals surface area contributed by atoms with Crippen molar-refractivity contribution in [1.29, 1.82) is 0 Å². The summed E-state index contributed by atoms with van der Waals surface area (Å²) in [5.74, 6) is -4.14. The van der Waals surface area contributed by atoms with Gasteiger partial charge in [-0.2, -0.15) is 13.2 Å². The van der Waals surface area contributed by atoms with Gasteiger partial charge < -0.3 is 11.1 Å². The summed E-state index contributed by atoms with van der Waals surface area (Å²) in [6.07, 6.45) is -3.46. The largest absolute Gasteiger partial charge is 0.397 e. The number of halogens is 3. The number of hydrogen-bond acceptors (Lipinski definition) is 5. The molecule has 80 valence electrons. The van der Waals surface area contributed by atoms with Crippen molar-refractivity contribution >= 4 is 12.3 Å². The molecule has 0 saturated carbocycles. The van der Waals surface area contributed by atoms with Gasteiger partial charge in [0, 0.05) is 0 Å². The monoisotopic (exact) mass is 209 g/mol. The van der Waals surface area contributed by atoms with Crippen LogP contribution in [0.3, 0.4) is 0 Å². The SMILES string of the molecule is C[C@H](C(F)(F)F)C1(N)N=CNC(N)=N1. The molecule has 0 radical (unpaired) electrons.